The van der Waals surface area contributed by atoms with E-state index >= 15 is 0 Å². The summed E-state index contributed by atoms with van der Waals surface area (Å²) in [5.41, 5.74) is 10.8. The topological polar surface area (TPSA) is 94.4 Å². The van der Waals surface area contributed by atoms with Crippen molar-refractivity contribution in [3.05, 3.63) is 35.9 Å². The van der Waals surface area contributed by atoms with Crippen LogP contribution in [0.25, 0.3) is 33.6 Å². The molecule has 4 aromatic rings. The first-order valence-corrected chi connectivity index (χ1v) is 15.4. The predicted molar refractivity (Wildman–Crippen MR) is 160 cm³/mol. The van der Waals surface area contributed by atoms with E-state index in [4.69, 9.17) is 20.4 Å². The number of nitrogens with zero attached hydrogens (tertiary/aromatic N) is 6. The van der Waals surface area contributed by atoms with Crippen molar-refractivity contribution < 1.29 is 9.53 Å². The largest absolute Gasteiger partial charge is 0.494 e. The number of hydrogen-bond donors (Lipinski definition) is 1. The second-order valence-corrected chi connectivity index (χ2v) is 12.7. The second kappa shape index (κ2) is 9.48. The molecule has 4 fully saturated rings. The van der Waals surface area contributed by atoms with Gasteiger partial charge in [0.05, 0.1) is 18.3 Å². The van der Waals surface area contributed by atoms with Crippen LogP contribution in [0.4, 0.5) is 5.82 Å². The number of piperidine rings is 2. The van der Waals surface area contributed by atoms with Gasteiger partial charge in [0.1, 0.15) is 22.7 Å². The number of nitrogens with two attached hydrogens (primary N) is 1. The third kappa shape index (κ3) is 4.03. The van der Waals surface area contributed by atoms with Gasteiger partial charge >= 0.3 is 0 Å². The Morgan fingerprint density at radius 3 is 2.59 bits per heavy atom. The van der Waals surface area contributed by atoms with Gasteiger partial charge in [0.2, 0.25) is 0 Å². The van der Waals surface area contributed by atoms with Crippen molar-refractivity contribution >= 4 is 33.8 Å². The maximum atomic E-state index is 13.7. The van der Waals surface area contributed by atoms with E-state index in [2.05, 4.69) is 32.2 Å². The molecular weight excluding hydrogens is 514 g/mol. The van der Waals surface area contributed by atoms with Gasteiger partial charge in [-0.25, -0.2) is 9.97 Å². The average Bonchev–Trinajstić information content (AvgIpc) is 3.41. The molecule has 41 heavy (non-hydrogen) atoms. The molecule has 214 valence electrons. The summed E-state index contributed by atoms with van der Waals surface area (Å²) in [6, 6.07) is 10.6. The number of likely N-dealkylation sites (tertiary alicyclic amines) is 1. The fraction of sp³-hybridized carbons (Fsp3) is 0.531. The van der Waals surface area contributed by atoms with E-state index in [1.807, 2.05) is 24.1 Å². The van der Waals surface area contributed by atoms with Gasteiger partial charge in [-0.3, -0.25) is 4.79 Å². The number of imidazole rings is 1. The average molecular weight is 554 g/mol. The summed E-state index contributed by atoms with van der Waals surface area (Å²) in [6.45, 7) is 3.83. The Kier molecular flexibility index (Phi) is 5.81. The molecule has 9 heteroatoms. The molecule has 1 aromatic carbocycles. The van der Waals surface area contributed by atoms with E-state index in [0.717, 1.165) is 78.4 Å². The van der Waals surface area contributed by atoms with E-state index in [0.29, 0.717) is 23.1 Å². The zero-order valence-corrected chi connectivity index (χ0v) is 24.1. The van der Waals surface area contributed by atoms with Crippen molar-refractivity contribution in [2.24, 2.45) is 24.6 Å². The Hall–Kier alpha value is -3.59. The number of aryl methyl sites for hydroxylation is 1. The minimum Gasteiger partial charge on any atom is -0.494 e. The number of rotatable bonds is 6. The number of fused-ring (bicyclic) bond motifs is 4. The second-order valence-electron chi connectivity index (χ2n) is 12.7. The predicted octanol–water partition coefficient (Wildman–Crippen LogP) is 4.56. The van der Waals surface area contributed by atoms with Crippen LogP contribution in [0.15, 0.2) is 30.3 Å². The number of carbonyl (C=O) groups is 1. The first-order chi connectivity index (χ1) is 20.0. The van der Waals surface area contributed by atoms with Crippen molar-refractivity contribution in [2.45, 2.75) is 63.6 Å². The normalized spacial score (nSPS) is 24.2. The lowest BCUT2D eigenvalue weighted by atomic mass is 10.1. The third-order valence-electron chi connectivity index (χ3n) is 10.1. The zero-order valence-electron chi connectivity index (χ0n) is 24.1. The van der Waals surface area contributed by atoms with Crippen molar-refractivity contribution in [1.82, 2.24) is 24.0 Å². The zero-order chi connectivity index (χ0) is 27.8. The highest BCUT2D eigenvalue weighted by Gasteiger charge is 2.47. The number of pyridine rings is 1. The monoisotopic (exact) mass is 553 g/mol. The highest BCUT2D eigenvalue weighted by atomic mass is 16.5. The summed E-state index contributed by atoms with van der Waals surface area (Å²) in [6.07, 6.45) is 8.38. The van der Waals surface area contributed by atoms with Crippen LogP contribution in [-0.2, 0) is 13.6 Å². The first-order valence-electron chi connectivity index (χ1n) is 15.4. The van der Waals surface area contributed by atoms with Crippen LogP contribution in [-0.4, -0.2) is 68.7 Å². The fourth-order valence-electron chi connectivity index (χ4n) is 7.61. The lowest BCUT2D eigenvalue weighted by molar-refractivity contribution is 0.0700. The van der Waals surface area contributed by atoms with Gasteiger partial charge in [0.25, 0.3) is 5.91 Å². The molecule has 0 radical (unpaired) electrons. The van der Waals surface area contributed by atoms with Crippen LogP contribution in [0.5, 0.6) is 5.75 Å². The standard InChI is InChI=1S/C32H39N7O2/c1-36-29-23(14-22(16-26(29)41-2)32(40)39-18-21-8-10-24(39)28(21)33)34-31(36)25-15-20-9-11-27(37-12-4-3-5-13-37)35-30(20)38(25)17-19-6-7-19/h9,11,14-16,19,21,24,28H,3-8,10,12-13,17-18,33H2,1-2H3/t21-,24-,28-/m1/s1. The number of carbonyl (C=O) groups excluding carboxylic acids is 1. The SMILES string of the molecule is COc1cc(C(=O)N2C[C@H]3CC[C@@H]2[C@@H]3N)cc2nc(-c3cc4ccc(N5CCCCC5)nc4n3CC3CC3)n(C)c12. The van der Waals surface area contributed by atoms with Crippen LogP contribution < -0.4 is 15.4 Å². The number of methoxy groups -OCH3 is 1. The number of ether oxygens (including phenoxy) is 1. The molecule has 2 aliphatic heterocycles. The van der Waals surface area contributed by atoms with E-state index in [1.54, 1.807) is 7.11 Å². The maximum absolute atomic E-state index is 13.7. The van der Waals surface area contributed by atoms with Crippen LogP contribution in [0.2, 0.25) is 0 Å². The summed E-state index contributed by atoms with van der Waals surface area (Å²) in [5, 5.41) is 1.14. The minimum absolute atomic E-state index is 0.0253. The third-order valence-corrected chi connectivity index (χ3v) is 10.1. The Balaban J connectivity index is 1.22. The van der Waals surface area contributed by atoms with Gasteiger partial charge in [-0.1, -0.05) is 0 Å². The number of benzene rings is 1. The summed E-state index contributed by atoms with van der Waals surface area (Å²) < 4.78 is 10.3. The van der Waals surface area contributed by atoms with Gasteiger partial charge in [0.15, 0.2) is 5.82 Å². The van der Waals surface area contributed by atoms with Gasteiger partial charge in [-0.2, -0.15) is 0 Å². The molecular formula is C32H39N7O2. The molecule has 0 unspecified atom stereocenters. The molecule has 3 aromatic heterocycles. The Morgan fingerprint density at radius 2 is 1.88 bits per heavy atom. The number of hydrogen-bond acceptors (Lipinski definition) is 6. The van der Waals surface area contributed by atoms with E-state index in [-0.39, 0.29) is 18.0 Å². The Labute approximate surface area is 240 Å². The molecule has 8 rings (SSSR count). The molecule has 3 atom stereocenters. The van der Waals surface area contributed by atoms with Crippen LogP contribution in [0.1, 0.15) is 55.3 Å². The summed E-state index contributed by atoms with van der Waals surface area (Å²) in [7, 11) is 3.71. The smallest absolute Gasteiger partial charge is 0.254 e. The van der Waals surface area contributed by atoms with Gasteiger partial charge in [0, 0.05) is 56.3 Å². The number of aromatic nitrogens is 4. The highest BCUT2D eigenvalue weighted by molar-refractivity contribution is 6.00. The van der Waals surface area contributed by atoms with E-state index < -0.39 is 0 Å². The van der Waals surface area contributed by atoms with E-state index in [1.165, 1.54) is 32.1 Å². The Morgan fingerprint density at radius 1 is 1.05 bits per heavy atom. The van der Waals surface area contributed by atoms with Gasteiger partial charge < -0.3 is 29.4 Å². The molecule has 0 spiro atoms. The van der Waals surface area contributed by atoms with Crippen molar-refractivity contribution in [3.63, 3.8) is 0 Å². The molecule has 2 aliphatic carbocycles. The number of anilines is 1. The lowest BCUT2D eigenvalue weighted by Gasteiger charge is -2.27. The van der Waals surface area contributed by atoms with Crippen LogP contribution in [0.3, 0.4) is 0 Å². The quantitative estimate of drug-likeness (QED) is 0.376. The molecule has 2 saturated carbocycles. The van der Waals surface area contributed by atoms with Crippen LogP contribution in [0, 0.1) is 11.8 Å². The molecule has 2 saturated heterocycles. The number of amides is 1. The maximum Gasteiger partial charge on any atom is 0.254 e. The van der Waals surface area contributed by atoms with Crippen molar-refractivity contribution in [3.8, 4) is 17.3 Å². The Bertz CT molecular complexity index is 1660. The molecule has 1 amide bonds. The van der Waals surface area contributed by atoms with Gasteiger partial charge in [-0.05, 0) is 87.1 Å². The van der Waals surface area contributed by atoms with Crippen LogP contribution >= 0.6 is 0 Å². The minimum atomic E-state index is 0.0253. The fourth-order valence-corrected chi connectivity index (χ4v) is 7.61. The molecule has 5 heterocycles. The summed E-state index contributed by atoms with van der Waals surface area (Å²) in [4.78, 5) is 28.4. The van der Waals surface area contributed by atoms with Crippen molar-refractivity contribution in [1.29, 1.82) is 0 Å². The van der Waals surface area contributed by atoms with E-state index in [9.17, 15) is 4.79 Å². The van der Waals surface area contributed by atoms with Crippen molar-refractivity contribution in [2.75, 3.05) is 31.6 Å². The molecule has 4 aliphatic rings. The lowest BCUT2D eigenvalue weighted by Crippen LogP contribution is -2.41. The molecule has 2 N–H and O–H groups in total. The highest BCUT2D eigenvalue weighted by Crippen LogP contribution is 2.40. The summed E-state index contributed by atoms with van der Waals surface area (Å²) in [5.74, 6) is 3.72. The molecule has 9 nitrogen and oxygen atoms in total. The first kappa shape index (κ1) is 25.1. The molecule has 2 bridgehead atoms. The summed E-state index contributed by atoms with van der Waals surface area (Å²) >= 11 is 0. The van der Waals surface area contributed by atoms with Gasteiger partial charge in [-0.15, -0.1) is 0 Å².